The van der Waals surface area contributed by atoms with Gasteiger partial charge in [-0.25, -0.2) is 4.98 Å². The smallest absolute Gasteiger partial charge is 0.269 e. The molecular formula is C13H12BrClN2O. The molecule has 0 bridgehead atoms. The average Bonchev–Trinajstić information content (AvgIpc) is 2.40. The van der Waals surface area contributed by atoms with Crippen molar-refractivity contribution in [1.82, 2.24) is 9.55 Å². The second-order valence-corrected chi connectivity index (χ2v) is 5.10. The van der Waals surface area contributed by atoms with Crippen LogP contribution in [-0.2, 0) is 13.0 Å². The van der Waals surface area contributed by atoms with Gasteiger partial charge in [0.25, 0.3) is 5.56 Å². The minimum Gasteiger partial charge on any atom is -0.294 e. The Hall–Kier alpha value is -1.13. The molecule has 0 aliphatic rings. The van der Waals surface area contributed by atoms with E-state index in [1.807, 2.05) is 12.1 Å². The third-order valence-electron chi connectivity index (χ3n) is 2.72. The van der Waals surface area contributed by atoms with Crippen molar-refractivity contribution in [2.24, 2.45) is 0 Å². The molecule has 0 radical (unpaired) electrons. The predicted molar refractivity (Wildman–Crippen MR) is 76.1 cm³/mol. The first kappa shape index (κ1) is 13.3. The highest BCUT2D eigenvalue weighted by Gasteiger charge is 2.07. The van der Waals surface area contributed by atoms with Crippen molar-refractivity contribution in [3.8, 4) is 0 Å². The van der Waals surface area contributed by atoms with Crippen LogP contribution in [0, 0.1) is 0 Å². The molecule has 0 N–H and O–H groups in total. The first-order valence-electron chi connectivity index (χ1n) is 5.60. The van der Waals surface area contributed by atoms with Crippen molar-refractivity contribution in [2.45, 2.75) is 19.9 Å². The van der Waals surface area contributed by atoms with Crippen molar-refractivity contribution in [2.75, 3.05) is 0 Å². The largest absolute Gasteiger partial charge is 0.294 e. The number of aromatic nitrogens is 2. The van der Waals surface area contributed by atoms with E-state index in [1.54, 1.807) is 0 Å². The first-order chi connectivity index (χ1) is 8.61. The van der Waals surface area contributed by atoms with Gasteiger partial charge >= 0.3 is 0 Å². The Morgan fingerprint density at radius 1 is 1.28 bits per heavy atom. The fourth-order valence-electron chi connectivity index (χ4n) is 1.63. The van der Waals surface area contributed by atoms with Crippen LogP contribution in [0.15, 0.2) is 39.9 Å². The summed E-state index contributed by atoms with van der Waals surface area (Å²) in [6.45, 7) is 2.60. The molecule has 5 heteroatoms. The first-order valence-corrected chi connectivity index (χ1v) is 6.77. The van der Waals surface area contributed by atoms with Gasteiger partial charge in [-0.1, -0.05) is 42.8 Å². The number of hydrogen-bond acceptors (Lipinski definition) is 2. The lowest BCUT2D eigenvalue weighted by molar-refractivity contribution is 0.730. The zero-order valence-corrected chi connectivity index (χ0v) is 12.2. The Balaban J connectivity index is 2.28. The maximum Gasteiger partial charge on any atom is 0.269 e. The molecule has 2 rings (SSSR count). The molecule has 0 spiro atoms. The Morgan fingerprint density at radius 2 is 1.89 bits per heavy atom. The number of halogens is 2. The molecule has 0 saturated carbocycles. The van der Waals surface area contributed by atoms with E-state index < -0.39 is 0 Å². The van der Waals surface area contributed by atoms with Crippen LogP contribution < -0.4 is 5.56 Å². The third kappa shape index (κ3) is 2.82. The lowest BCUT2D eigenvalue weighted by Crippen LogP contribution is -2.21. The van der Waals surface area contributed by atoms with E-state index in [9.17, 15) is 4.79 Å². The van der Waals surface area contributed by atoms with Crippen molar-refractivity contribution in [3.05, 3.63) is 61.7 Å². The van der Waals surface area contributed by atoms with Crippen LogP contribution in [0.1, 0.15) is 18.1 Å². The molecule has 0 saturated heterocycles. The SMILES string of the molecule is CCc1ccc(Cn2cnc(Cl)c(Br)c2=O)cc1. The molecule has 3 nitrogen and oxygen atoms in total. The second kappa shape index (κ2) is 5.67. The summed E-state index contributed by atoms with van der Waals surface area (Å²) in [6, 6.07) is 8.18. The van der Waals surface area contributed by atoms with Crippen molar-refractivity contribution in [1.29, 1.82) is 0 Å². The summed E-state index contributed by atoms with van der Waals surface area (Å²) >= 11 is 8.90. The van der Waals surface area contributed by atoms with Crippen LogP contribution in [0.25, 0.3) is 0 Å². The minimum absolute atomic E-state index is 0.172. The van der Waals surface area contributed by atoms with Gasteiger partial charge in [0, 0.05) is 0 Å². The molecule has 94 valence electrons. The van der Waals surface area contributed by atoms with Crippen LogP contribution in [0.3, 0.4) is 0 Å². The molecule has 18 heavy (non-hydrogen) atoms. The van der Waals surface area contributed by atoms with E-state index in [1.165, 1.54) is 16.5 Å². The molecule has 1 heterocycles. The summed E-state index contributed by atoms with van der Waals surface area (Å²) in [7, 11) is 0. The third-order valence-corrected chi connectivity index (χ3v) is 3.95. The lowest BCUT2D eigenvalue weighted by Gasteiger charge is -2.07. The number of benzene rings is 1. The number of aryl methyl sites for hydroxylation is 1. The topological polar surface area (TPSA) is 34.9 Å². The molecule has 2 aromatic rings. The van der Waals surface area contributed by atoms with Gasteiger partial charge in [0.2, 0.25) is 0 Å². The maximum absolute atomic E-state index is 11.9. The predicted octanol–water partition coefficient (Wildman–Crippen LogP) is 3.27. The van der Waals surface area contributed by atoms with E-state index in [2.05, 4.69) is 40.0 Å². The van der Waals surface area contributed by atoms with E-state index in [-0.39, 0.29) is 10.7 Å². The highest BCUT2D eigenvalue weighted by atomic mass is 79.9. The number of nitrogens with zero attached hydrogens (tertiary/aromatic N) is 2. The summed E-state index contributed by atoms with van der Waals surface area (Å²) in [5.41, 5.74) is 2.17. The molecule has 0 atom stereocenters. The van der Waals surface area contributed by atoms with Crippen molar-refractivity contribution in [3.63, 3.8) is 0 Å². The van der Waals surface area contributed by atoms with Gasteiger partial charge in [-0.05, 0) is 33.5 Å². The highest BCUT2D eigenvalue weighted by Crippen LogP contribution is 2.14. The van der Waals surface area contributed by atoms with Gasteiger partial charge in [0.15, 0.2) is 5.15 Å². The Bertz CT molecular complexity index is 607. The summed E-state index contributed by atoms with van der Waals surface area (Å²) < 4.78 is 1.83. The lowest BCUT2D eigenvalue weighted by atomic mass is 10.1. The summed E-state index contributed by atoms with van der Waals surface area (Å²) in [5, 5.41) is 0.192. The molecular weight excluding hydrogens is 316 g/mol. The fourth-order valence-corrected chi connectivity index (χ4v) is 2.09. The van der Waals surface area contributed by atoms with Crippen LogP contribution in [0.5, 0.6) is 0 Å². The van der Waals surface area contributed by atoms with Crippen LogP contribution in [0.4, 0.5) is 0 Å². The Labute approximate surface area is 119 Å². The monoisotopic (exact) mass is 326 g/mol. The van der Waals surface area contributed by atoms with Gasteiger partial charge < -0.3 is 0 Å². The molecule has 0 unspecified atom stereocenters. The summed E-state index contributed by atoms with van der Waals surface area (Å²) in [6.07, 6.45) is 2.47. The van der Waals surface area contributed by atoms with E-state index in [0.29, 0.717) is 11.0 Å². The fraction of sp³-hybridized carbons (Fsp3) is 0.231. The van der Waals surface area contributed by atoms with E-state index >= 15 is 0 Å². The van der Waals surface area contributed by atoms with Gasteiger partial charge in [-0.3, -0.25) is 9.36 Å². The van der Waals surface area contributed by atoms with E-state index in [0.717, 1.165) is 12.0 Å². The Morgan fingerprint density at radius 3 is 2.50 bits per heavy atom. The van der Waals surface area contributed by atoms with Gasteiger partial charge in [-0.2, -0.15) is 0 Å². The molecule has 0 amide bonds. The second-order valence-electron chi connectivity index (χ2n) is 3.95. The standard InChI is InChI=1S/C13H12BrClN2O/c1-2-9-3-5-10(6-4-9)7-17-8-16-12(15)11(14)13(17)18/h3-6,8H,2,7H2,1H3. The van der Waals surface area contributed by atoms with Gasteiger partial charge in [0.1, 0.15) is 4.47 Å². The Kier molecular flexibility index (Phi) is 4.19. The van der Waals surface area contributed by atoms with Gasteiger partial charge in [-0.15, -0.1) is 0 Å². The molecule has 0 fully saturated rings. The summed E-state index contributed by atoms with van der Waals surface area (Å²) in [5.74, 6) is 0. The van der Waals surface area contributed by atoms with Crippen molar-refractivity contribution < 1.29 is 0 Å². The van der Waals surface area contributed by atoms with E-state index in [4.69, 9.17) is 11.6 Å². The number of rotatable bonds is 3. The highest BCUT2D eigenvalue weighted by molar-refractivity contribution is 9.10. The van der Waals surface area contributed by atoms with Gasteiger partial charge in [0.05, 0.1) is 12.9 Å². The van der Waals surface area contributed by atoms with Crippen LogP contribution in [0.2, 0.25) is 5.15 Å². The maximum atomic E-state index is 11.9. The normalized spacial score (nSPS) is 10.6. The molecule has 0 aliphatic heterocycles. The molecule has 1 aromatic carbocycles. The van der Waals surface area contributed by atoms with Crippen LogP contribution >= 0.6 is 27.5 Å². The zero-order valence-electron chi connectivity index (χ0n) is 9.86. The quantitative estimate of drug-likeness (QED) is 0.811. The minimum atomic E-state index is -0.172. The zero-order chi connectivity index (χ0) is 13.1. The average molecular weight is 328 g/mol. The number of hydrogen-bond donors (Lipinski definition) is 0. The molecule has 1 aromatic heterocycles. The molecule has 0 aliphatic carbocycles. The van der Waals surface area contributed by atoms with Crippen LogP contribution in [-0.4, -0.2) is 9.55 Å². The van der Waals surface area contributed by atoms with Crippen molar-refractivity contribution >= 4 is 27.5 Å². The summed E-state index contributed by atoms with van der Waals surface area (Å²) in [4.78, 5) is 15.9.